The Kier molecular flexibility index (Phi) is 5.80. The van der Waals surface area contributed by atoms with E-state index in [0.29, 0.717) is 17.7 Å². The van der Waals surface area contributed by atoms with E-state index in [1.165, 1.54) is 0 Å². The highest BCUT2D eigenvalue weighted by Gasteiger charge is 2.10. The molecule has 0 unspecified atom stereocenters. The van der Waals surface area contributed by atoms with Crippen LogP contribution in [0, 0.1) is 0 Å². The molecule has 0 amide bonds. The fourth-order valence-corrected chi connectivity index (χ4v) is 2.34. The zero-order valence-electron chi connectivity index (χ0n) is 15.3. The minimum atomic E-state index is 0.466. The van der Waals surface area contributed by atoms with Crippen molar-refractivity contribution in [1.82, 2.24) is 30.0 Å². The maximum Gasteiger partial charge on any atom is 0.233 e. The van der Waals surface area contributed by atoms with Gasteiger partial charge in [-0.15, -0.1) is 0 Å². The van der Waals surface area contributed by atoms with Crippen LogP contribution in [0.5, 0.6) is 0 Å². The molecule has 3 rings (SSSR count). The third-order valence-electron chi connectivity index (χ3n) is 3.60. The van der Waals surface area contributed by atoms with Gasteiger partial charge in [0.2, 0.25) is 11.9 Å². The quantitative estimate of drug-likeness (QED) is 0.537. The second-order valence-electron chi connectivity index (χ2n) is 6.15. The first-order valence-corrected chi connectivity index (χ1v) is 8.64. The molecule has 9 nitrogen and oxygen atoms in total. The van der Waals surface area contributed by atoms with Crippen LogP contribution in [0.4, 0.5) is 17.7 Å². The maximum absolute atomic E-state index is 5.36. The Bertz CT molecular complexity index is 812. The molecule has 0 atom stereocenters. The highest BCUT2D eigenvalue weighted by atomic mass is 16.3. The number of anilines is 3. The number of H-pyrrole nitrogens is 1. The molecule has 3 aromatic rings. The smallest absolute Gasteiger partial charge is 0.233 e. The number of aromatic amines is 1. The molecule has 3 N–H and O–H groups in total. The molecule has 0 aromatic carbocycles. The van der Waals surface area contributed by atoms with Crippen molar-refractivity contribution in [3.63, 3.8) is 0 Å². The van der Waals surface area contributed by atoms with Crippen molar-refractivity contribution in [3.8, 4) is 11.5 Å². The number of hydrogen-bond acceptors (Lipinski definition) is 8. The number of likely N-dealkylation sites (N-methyl/N-ethyl adjacent to an activating group) is 1. The SMILES string of the molecule is CCCc1nc(NCCN(C)C)nc(Nc2cc(-c3ccco3)[nH]n2)n1. The first-order valence-electron chi connectivity index (χ1n) is 8.64. The third kappa shape index (κ3) is 4.79. The third-order valence-corrected chi connectivity index (χ3v) is 3.60. The molecule has 0 saturated heterocycles. The summed E-state index contributed by atoms with van der Waals surface area (Å²) < 4.78 is 5.36. The van der Waals surface area contributed by atoms with Crippen molar-refractivity contribution in [2.45, 2.75) is 19.8 Å². The zero-order chi connectivity index (χ0) is 18.4. The number of rotatable bonds is 9. The van der Waals surface area contributed by atoms with Crippen molar-refractivity contribution in [1.29, 1.82) is 0 Å². The molecular weight excluding hydrogens is 332 g/mol. The summed E-state index contributed by atoms with van der Waals surface area (Å²) in [4.78, 5) is 15.5. The molecule has 0 fully saturated rings. The van der Waals surface area contributed by atoms with Crippen LogP contribution < -0.4 is 10.6 Å². The van der Waals surface area contributed by atoms with Gasteiger partial charge in [0.05, 0.1) is 6.26 Å². The van der Waals surface area contributed by atoms with Gasteiger partial charge in [0.1, 0.15) is 11.5 Å². The summed E-state index contributed by atoms with van der Waals surface area (Å²) in [6, 6.07) is 5.55. The predicted octanol–water partition coefficient (Wildman–Crippen LogP) is 2.52. The van der Waals surface area contributed by atoms with Gasteiger partial charge in [-0.2, -0.15) is 20.1 Å². The molecule has 0 aliphatic rings. The van der Waals surface area contributed by atoms with Crippen LogP contribution in [-0.2, 0) is 6.42 Å². The van der Waals surface area contributed by atoms with Gasteiger partial charge in [0.15, 0.2) is 11.6 Å². The van der Waals surface area contributed by atoms with E-state index in [-0.39, 0.29) is 0 Å². The molecule has 0 spiro atoms. The highest BCUT2D eigenvalue weighted by Crippen LogP contribution is 2.21. The first-order chi connectivity index (χ1) is 12.6. The molecule has 26 heavy (non-hydrogen) atoms. The summed E-state index contributed by atoms with van der Waals surface area (Å²) in [5.74, 6) is 3.12. The van der Waals surface area contributed by atoms with Gasteiger partial charge in [-0.1, -0.05) is 6.92 Å². The summed E-state index contributed by atoms with van der Waals surface area (Å²) in [7, 11) is 4.05. The number of nitrogens with one attached hydrogen (secondary N) is 3. The molecule has 3 aromatic heterocycles. The summed E-state index contributed by atoms with van der Waals surface area (Å²) in [5.41, 5.74) is 0.782. The Morgan fingerprint density at radius 2 is 2.04 bits per heavy atom. The molecule has 0 aliphatic carbocycles. The van der Waals surface area contributed by atoms with Gasteiger partial charge >= 0.3 is 0 Å². The van der Waals surface area contributed by atoms with E-state index in [4.69, 9.17) is 4.42 Å². The van der Waals surface area contributed by atoms with E-state index in [2.05, 4.69) is 47.6 Å². The van der Waals surface area contributed by atoms with Crippen molar-refractivity contribution in [3.05, 3.63) is 30.3 Å². The minimum absolute atomic E-state index is 0.466. The number of aromatic nitrogens is 5. The summed E-state index contributed by atoms with van der Waals surface area (Å²) in [5, 5.41) is 13.5. The van der Waals surface area contributed by atoms with E-state index in [9.17, 15) is 0 Å². The lowest BCUT2D eigenvalue weighted by atomic mass is 10.3. The molecule has 138 valence electrons. The minimum Gasteiger partial charge on any atom is -0.463 e. The van der Waals surface area contributed by atoms with Gasteiger partial charge < -0.3 is 20.0 Å². The van der Waals surface area contributed by atoms with E-state index in [0.717, 1.165) is 43.2 Å². The van der Waals surface area contributed by atoms with Gasteiger partial charge in [-0.25, -0.2) is 0 Å². The fourth-order valence-electron chi connectivity index (χ4n) is 2.34. The molecule has 0 saturated carbocycles. The van der Waals surface area contributed by atoms with Crippen LogP contribution >= 0.6 is 0 Å². The number of nitrogens with zero attached hydrogens (tertiary/aromatic N) is 5. The summed E-state index contributed by atoms with van der Waals surface area (Å²) >= 11 is 0. The van der Waals surface area contributed by atoms with Crippen LogP contribution in [0.2, 0.25) is 0 Å². The Morgan fingerprint density at radius 1 is 1.19 bits per heavy atom. The standard InChI is InChI=1S/C17H24N8O/c1-4-6-14-19-16(18-8-9-25(2)3)22-17(20-14)21-15-11-12(23-24-15)13-7-5-10-26-13/h5,7,10-11H,4,6,8-9H2,1-3H3,(H3,18,19,20,21,22,23,24). The average molecular weight is 356 g/mol. The largest absolute Gasteiger partial charge is 0.463 e. The number of hydrogen-bond donors (Lipinski definition) is 3. The van der Waals surface area contributed by atoms with Crippen molar-refractivity contribution < 1.29 is 4.42 Å². The monoisotopic (exact) mass is 356 g/mol. The Balaban J connectivity index is 1.74. The second kappa shape index (κ2) is 8.43. The van der Waals surface area contributed by atoms with Crippen LogP contribution in [0.15, 0.2) is 28.9 Å². The normalized spacial score (nSPS) is 11.1. The van der Waals surface area contributed by atoms with Crippen LogP contribution in [0.1, 0.15) is 19.2 Å². The first kappa shape index (κ1) is 17.9. The molecule has 0 bridgehead atoms. The topological polar surface area (TPSA) is 108 Å². The molecule has 0 aliphatic heterocycles. The number of furan rings is 1. The van der Waals surface area contributed by atoms with Crippen molar-refractivity contribution >= 4 is 17.7 Å². The second-order valence-corrected chi connectivity index (χ2v) is 6.15. The summed E-state index contributed by atoms with van der Waals surface area (Å²) in [6.07, 6.45) is 3.38. The number of aryl methyl sites for hydroxylation is 1. The summed E-state index contributed by atoms with van der Waals surface area (Å²) in [6.45, 7) is 3.75. The zero-order valence-corrected chi connectivity index (χ0v) is 15.3. The Morgan fingerprint density at radius 3 is 2.77 bits per heavy atom. The van der Waals surface area contributed by atoms with E-state index in [1.54, 1.807) is 6.26 Å². The average Bonchev–Trinajstić information content (AvgIpc) is 3.26. The van der Waals surface area contributed by atoms with Crippen LogP contribution in [0.25, 0.3) is 11.5 Å². The van der Waals surface area contributed by atoms with Gasteiger partial charge in [0.25, 0.3) is 0 Å². The Hall–Kier alpha value is -2.94. The molecule has 9 heteroatoms. The molecule has 0 radical (unpaired) electrons. The predicted molar refractivity (Wildman–Crippen MR) is 100 cm³/mol. The van der Waals surface area contributed by atoms with E-state index in [1.807, 2.05) is 32.3 Å². The van der Waals surface area contributed by atoms with Crippen LogP contribution in [-0.4, -0.2) is 57.2 Å². The van der Waals surface area contributed by atoms with Gasteiger partial charge in [-0.3, -0.25) is 5.10 Å². The van der Waals surface area contributed by atoms with Crippen molar-refractivity contribution in [2.75, 3.05) is 37.8 Å². The highest BCUT2D eigenvalue weighted by molar-refractivity contribution is 5.60. The lowest BCUT2D eigenvalue weighted by Crippen LogP contribution is -2.22. The Labute approximate surface area is 152 Å². The van der Waals surface area contributed by atoms with Gasteiger partial charge in [-0.05, 0) is 32.6 Å². The fraction of sp³-hybridized carbons (Fsp3) is 0.412. The van der Waals surface area contributed by atoms with E-state index < -0.39 is 0 Å². The van der Waals surface area contributed by atoms with Gasteiger partial charge in [0, 0.05) is 25.6 Å². The molecule has 3 heterocycles. The maximum atomic E-state index is 5.36. The van der Waals surface area contributed by atoms with Crippen LogP contribution in [0.3, 0.4) is 0 Å². The van der Waals surface area contributed by atoms with E-state index >= 15 is 0 Å². The molecular formula is C17H24N8O. The lowest BCUT2D eigenvalue weighted by molar-refractivity contribution is 0.425. The lowest BCUT2D eigenvalue weighted by Gasteiger charge is -2.11. The van der Waals surface area contributed by atoms with Crippen molar-refractivity contribution in [2.24, 2.45) is 0 Å².